The summed E-state index contributed by atoms with van der Waals surface area (Å²) < 4.78 is 0. The van der Waals surface area contributed by atoms with Crippen molar-refractivity contribution in [1.29, 1.82) is 0 Å². The fourth-order valence-corrected chi connectivity index (χ4v) is 1.34. The lowest BCUT2D eigenvalue weighted by atomic mass is 10.2. The number of benzene rings is 1. The molecule has 1 aromatic carbocycles. The maximum absolute atomic E-state index is 10.5. The van der Waals surface area contributed by atoms with Gasteiger partial charge in [-0.2, -0.15) is 0 Å². The van der Waals surface area contributed by atoms with Crippen molar-refractivity contribution in [3.05, 3.63) is 29.6 Å². The van der Waals surface area contributed by atoms with Gasteiger partial charge >= 0.3 is 0 Å². The number of carbonyl (C=O) groups excluding carboxylic acids is 1. The number of carbonyl (C=O) groups is 1. The molecule has 0 aliphatic carbocycles. The maximum atomic E-state index is 10.5. The molecule has 2 aromatic rings. The van der Waals surface area contributed by atoms with Gasteiger partial charge in [0.05, 0.1) is 16.9 Å². The van der Waals surface area contributed by atoms with Crippen molar-refractivity contribution in [1.82, 2.24) is 9.97 Å². The van der Waals surface area contributed by atoms with Crippen LogP contribution >= 0.6 is 11.6 Å². The van der Waals surface area contributed by atoms with E-state index in [1.165, 1.54) is 0 Å². The van der Waals surface area contributed by atoms with E-state index in [0.29, 0.717) is 11.4 Å². The lowest BCUT2D eigenvalue weighted by molar-refractivity contribution is 0.112. The van der Waals surface area contributed by atoms with Gasteiger partial charge in [0.1, 0.15) is 12.1 Å². The number of nitrogens with one attached hydrogen (secondary N) is 1. The minimum Gasteiger partial charge on any atom is -0.341 e. The Labute approximate surface area is 79.7 Å². The van der Waals surface area contributed by atoms with E-state index in [9.17, 15) is 4.79 Å². The van der Waals surface area contributed by atoms with E-state index in [1.54, 1.807) is 18.2 Å². The van der Waals surface area contributed by atoms with E-state index in [4.69, 9.17) is 11.6 Å². The topological polar surface area (TPSA) is 45.8 Å². The van der Waals surface area contributed by atoms with Gasteiger partial charge < -0.3 is 4.98 Å². The molecule has 0 saturated heterocycles. The molecule has 0 saturated carbocycles. The van der Waals surface area contributed by atoms with Gasteiger partial charge in [-0.15, -0.1) is 11.6 Å². The molecule has 13 heavy (non-hydrogen) atoms. The molecule has 66 valence electrons. The number of aldehydes is 1. The van der Waals surface area contributed by atoms with Crippen LogP contribution in [0.25, 0.3) is 11.0 Å². The van der Waals surface area contributed by atoms with Crippen molar-refractivity contribution >= 4 is 28.9 Å². The molecule has 0 fully saturated rings. The number of imidazole rings is 1. The summed E-state index contributed by atoms with van der Waals surface area (Å²) in [7, 11) is 0. The Hall–Kier alpha value is -1.35. The zero-order valence-electron chi connectivity index (χ0n) is 6.75. The summed E-state index contributed by atoms with van der Waals surface area (Å²) in [4.78, 5) is 17.7. The van der Waals surface area contributed by atoms with Crippen LogP contribution in [0.2, 0.25) is 0 Å². The van der Waals surface area contributed by atoms with Gasteiger partial charge in [0, 0.05) is 5.56 Å². The summed E-state index contributed by atoms with van der Waals surface area (Å²) in [5.74, 6) is 1.07. The van der Waals surface area contributed by atoms with Crippen molar-refractivity contribution in [2.24, 2.45) is 0 Å². The number of hydrogen-bond donors (Lipinski definition) is 1. The minimum atomic E-state index is 0.352. The molecule has 0 aliphatic rings. The number of alkyl halides is 1. The van der Waals surface area contributed by atoms with Crippen LogP contribution in [0.4, 0.5) is 0 Å². The van der Waals surface area contributed by atoms with Crippen molar-refractivity contribution in [3.8, 4) is 0 Å². The molecule has 0 aliphatic heterocycles. The molecule has 2 rings (SSSR count). The molecular weight excluding hydrogens is 188 g/mol. The molecular formula is C9H7ClN2O. The molecule has 4 heteroatoms. The smallest absolute Gasteiger partial charge is 0.150 e. The minimum absolute atomic E-state index is 0.352. The second kappa shape index (κ2) is 3.18. The Kier molecular flexibility index (Phi) is 2.02. The zero-order valence-corrected chi connectivity index (χ0v) is 7.51. The summed E-state index contributed by atoms with van der Waals surface area (Å²) in [5, 5.41) is 0. The number of rotatable bonds is 2. The third-order valence-electron chi connectivity index (χ3n) is 1.82. The Balaban J connectivity index is 2.63. The summed E-state index contributed by atoms with van der Waals surface area (Å²) in [6.07, 6.45) is 0.806. The largest absolute Gasteiger partial charge is 0.341 e. The first-order chi connectivity index (χ1) is 6.33. The Bertz CT molecular complexity index is 450. The Morgan fingerprint density at radius 3 is 3.08 bits per heavy atom. The quantitative estimate of drug-likeness (QED) is 0.588. The monoisotopic (exact) mass is 194 g/mol. The number of fused-ring (bicyclic) bond motifs is 1. The highest BCUT2D eigenvalue weighted by Gasteiger charge is 2.01. The average molecular weight is 195 g/mol. The van der Waals surface area contributed by atoms with Crippen molar-refractivity contribution in [2.45, 2.75) is 5.88 Å². The third-order valence-corrected chi connectivity index (χ3v) is 2.07. The number of hydrogen-bond acceptors (Lipinski definition) is 2. The van der Waals surface area contributed by atoms with Crippen molar-refractivity contribution in [2.75, 3.05) is 0 Å². The highest BCUT2D eigenvalue weighted by atomic mass is 35.5. The van der Waals surface area contributed by atoms with Gasteiger partial charge in [0.15, 0.2) is 0 Å². The van der Waals surface area contributed by atoms with Crippen LogP contribution in [0, 0.1) is 0 Å². The zero-order chi connectivity index (χ0) is 9.26. The van der Waals surface area contributed by atoms with E-state index < -0.39 is 0 Å². The van der Waals surface area contributed by atoms with Gasteiger partial charge in [-0.25, -0.2) is 4.98 Å². The molecule has 3 nitrogen and oxygen atoms in total. The third kappa shape index (κ3) is 1.42. The first-order valence-corrected chi connectivity index (χ1v) is 4.36. The molecule has 1 heterocycles. The summed E-state index contributed by atoms with van der Waals surface area (Å²) in [6.45, 7) is 0. The SMILES string of the molecule is O=Cc1ccc2nc(CCl)[nH]c2c1. The number of halogens is 1. The van der Waals surface area contributed by atoms with E-state index in [1.807, 2.05) is 0 Å². The van der Waals surface area contributed by atoms with Gasteiger partial charge in [0.2, 0.25) is 0 Å². The van der Waals surface area contributed by atoms with E-state index in [-0.39, 0.29) is 0 Å². The van der Waals surface area contributed by atoms with Crippen LogP contribution < -0.4 is 0 Å². The van der Waals surface area contributed by atoms with Crippen molar-refractivity contribution in [3.63, 3.8) is 0 Å². The maximum Gasteiger partial charge on any atom is 0.150 e. The predicted octanol–water partition coefficient (Wildman–Crippen LogP) is 2.11. The summed E-state index contributed by atoms with van der Waals surface area (Å²) >= 11 is 5.61. The number of nitrogens with zero attached hydrogens (tertiary/aromatic N) is 1. The highest BCUT2D eigenvalue weighted by molar-refractivity contribution is 6.16. The first kappa shape index (κ1) is 8.26. The second-order valence-electron chi connectivity index (χ2n) is 2.71. The summed E-state index contributed by atoms with van der Waals surface area (Å²) in [6, 6.07) is 5.28. The molecule has 0 bridgehead atoms. The van der Waals surface area contributed by atoms with Crippen LogP contribution in [0.1, 0.15) is 16.2 Å². The van der Waals surface area contributed by atoms with Gasteiger partial charge in [-0.1, -0.05) is 0 Å². The lowest BCUT2D eigenvalue weighted by Gasteiger charge is -1.88. The van der Waals surface area contributed by atoms with Gasteiger partial charge in [-0.05, 0) is 18.2 Å². The van der Waals surface area contributed by atoms with Gasteiger partial charge in [0.25, 0.3) is 0 Å². The van der Waals surface area contributed by atoms with Crippen LogP contribution in [-0.4, -0.2) is 16.3 Å². The standard InChI is InChI=1S/C9H7ClN2O/c10-4-9-11-7-2-1-6(5-13)3-8(7)12-9/h1-3,5H,4H2,(H,11,12). The fraction of sp³-hybridized carbons (Fsp3) is 0.111. The van der Waals surface area contributed by atoms with Crippen molar-refractivity contribution < 1.29 is 4.79 Å². The molecule has 0 amide bonds. The number of aromatic amines is 1. The predicted molar refractivity (Wildman–Crippen MR) is 51.0 cm³/mol. The van der Waals surface area contributed by atoms with E-state index in [2.05, 4.69) is 9.97 Å². The van der Waals surface area contributed by atoms with Crippen LogP contribution in [0.5, 0.6) is 0 Å². The number of aromatic nitrogens is 2. The molecule has 1 N–H and O–H groups in total. The first-order valence-electron chi connectivity index (χ1n) is 3.83. The molecule has 0 unspecified atom stereocenters. The van der Waals surface area contributed by atoms with Gasteiger partial charge in [-0.3, -0.25) is 4.79 Å². The van der Waals surface area contributed by atoms with Crippen LogP contribution in [-0.2, 0) is 5.88 Å². The summed E-state index contributed by atoms with van der Waals surface area (Å²) in [5.41, 5.74) is 2.32. The highest BCUT2D eigenvalue weighted by Crippen LogP contribution is 2.13. The number of H-pyrrole nitrogens is 1. The average Bonchev–Trinajstić information content (AvgIpc) is 2.58. The van der Waals surface area contributed by atoms with E-state index in [0.717, 1.165) is 23.1 Å². The molecule has 0 spiro atoms. The lowest BCUT2D eigenvalue weighted by Crippen LogP contribution is -1.78. The normalized spacial score (nSPS) is 10.5. The van der Waals surface area contributed by atoms with Crippen LogP contribution in [0.3, 0.4) is 0 Å². The van der Waals surface area contributed by atoms with E-state index >= 15 is 0 Å². The molecule has 1 aromatic heterocycles. The van der Waals surface area contributed by atoms with Crippen LogP contribution in [0.15, 0.2) is 18.2 Å². The second-order valence-corrected chi connectivity index (χ2v) is 2.98. The molecule has 0 radical (unpaired) electrons. The Morgan fingerprint density at radius 2 is 2.38 bits per heavy atom. The fourth-order valence-electron chi connectivity index (χ4n) is 1.22. The molecule has 0 atom stereocenters. The Morgan fingerprint density at radius 1 is 1.54 bits per heavy atom.